The quantitative estimate of drug-likeness (QED) is 0.808. The Bertz CT molecular complexity index is 453. The molecule has 0 fully saturated rings. The van der Waals surface area contributed by atoms with Crippen molar-refractivity contribution < 1.29 is 4.74 Å². The number of rotatable bonds is 3. The van der Waals surface area contributed by atoms with E-state index in [0.717, 1.165) is 0 Å². The molecule has 0 aliphatic carbocycles. The molecular formula is C9H11N5O. The van der Waals surface area contributed by atoms with Crippen LogP contribution in [-0.4, -0.2) is 26.9 Å². The lowest BCUT2D eigenvalue weighted by Gasteiger charge is -2.02. The summed E-state index contributed by atoms with van der Waals surface area (Å²) in [6, 6.07) is 3.52. The summed E-state index contributed by atoms with van der Waals surface area (Å²) < 4.78 is 6.68. The van der Waals surface area contributed by atoms with Crippen molar-refractivity contribution in [2.24, 2.45) is 7.05 Å². The van der Waals surface area contributed by atoms with Gasteiger partial charge in [0.05, 0.1) is 7.11 Å². The molecule has 6 heteroatoms. The van der Waals surface area contributed by atoms with Crippen LogP contribution in [0.1, 0.15) is 0 Å². The van der Waals surface area contributed by atoms with Gasteiger partial charge in [-0.3, -0.25) is 4.68 Å². The predicted molar refractivity (Wildman–Crippen MR) is 55.1 cm³/mol. The molecule has 0 amide bonds. The Hall–Kier alpha value is -2.11. The van der Waals surface area contributed by atoms with Crippen molar-refractivity contribution in [3.8, 4) is 5.88 Å². The number of nitrogens with one attached hydrogen (secondary N) is 1. The van der Waals surface area contributed by atoms with Gasteiger partial charge < -0.3 is 10.1 Å². The molecule has 0 spiro atoms. The normalized spacial score (nSPS) is 10.0. The zero-order valence-electron chi connectivity index (χ0n) is 8.51. The molecule has 0 unspecified atom stereocenters. The van der Waals surface area contributed by atoms with E-state index in [1.807, 2.05) is 19.3 Å². The van der Waals surface area contributed by atoms with Crippen LogP contribution in [0.25, 0.3) is 0 Å². The van der Waals surface area contributed by atoms with E-state index in [1.54, 1.807) is 24.1 Å². The molecule has 0 aliphatic rings. The van der Waals surface area contributed by atoms with Crippen LogP contribution in [0.5, 0.6) is 5.88 Å². The van der Waals surface area contributed by atoms with Gasteiger partial charge in [0, 0.05) is 31.6 Å². The molecule has 0 atom stereocenters. The van der Waals surface area contributed by atoms with Crippen LogP contribution in [0.2, 0.25) is 0 Å². The summed E-state index contributed by atoms with van der Waals surface area (Å²) in [7, 11) is 3.41. The SMILES string of the molecule is COc1ccnc(Nc2ccn(C)n2)n1. The zero-order valence-corrected chi connectivity index (χ0v) is 8.51. The summed E-state index contributed by atoms with van der Waals surface area (Å²) in [5.41, 5.74) is 0. The number of aryl methyl sites for hydroxylation is 1. The topological polar surface area (TPSA) is 64.9 Å². The van der Waals surface area contributed by atoms with Crippen molar-refractivity contribution in [3.63, 3.8) is 0 Å². The van der Waals surface area contributed by atoms with E-state index >= 15 is 0 Å². The van der Waals surface area contributed by atoms with E-state index in [-0.39, 0.29) is 0 Å². The van der Waals surface area contributed by atoms with Crippen LogP contribution < -0.4 is 10.1 Å². The van der Waals surface area contributed by atoms with Crippen molar-refractivity contribution in [1.29, 1.82) is 0 Å². The van der Waals surface area contributed by atoms with Gasteiger partial charge in [-0.05, 0) is 0 Å². The van der Waals surface area contributed by atoms with Gasteiger partial charge in [0.2, 0.25) is 11.8 Å². The minimum atomic E-state index is 0.466. The van der Waals surface area contributed by atoms with Crippen molar-refractivity contribution in [3.05, 3.63) is 24.5 Å². The Morgan fingerprint density at radius 2 is 2.27 bits per heavy atom. The number of nitrogens with zero attached hydrogens (tertiary/aromatic N) is 4. The Morgan fingerprint density at radius 1 is 1.40 bits per heavy atom. The lowest BCUT2D eigenvalue weighted by molar-refractivity contribution is 0.397. The van der Waals surface area contributed by atoms with Crippen LogP contribution >= 0.6 is 0 Å². The van der Waals surface area contributed by atoms with E-state index in [9.17, 15) is 0 Å². The van der Waals surface area contributed by atoms with Gasteiger partial charge in [0.25, 0.3) is 0 Å². The second kappa shape index (κ2) is 3.95. The summed E-state index contributed by atoms with van der Waals surface area (Å²) in [4.78, 5) is 8.14. The van der Waals surface area contributed by atoms with E-state index in [1.165, 1.54) is 0 Å². The Balaban J connectivity index is 2.16. The molecule has 6 nitrogen and oxygen atoms in total. The third-order valence-electron chi connectivity index (χ3n) is 1.79. The van der Waals surface area contributed by atoms with Gasteiger partial charge in [0.1, 0.15) is 0 Å². The first-order valence-corrected chi connectivity index (χ1v) is 4.41. The Kier molecular flexibility index (Phi) is 2.49. The summed E-state index contributed by atoms with van der Waals surface area (Å²) >= 11 is 0. The first kappa shape index (κ1) is 9.45. The van der Waals surface area contributed by atoms with Crippen LogP contribution in [0, 0.1) is 0 Å². The molecule has 2 aromatic rings. The molecule has 0 aromatic carbocycles. The number of hydrogen-bond donors (Lipinski definition) is 1. The first-order valence-electron chi connectivity index (χ1n) is 4.41. The highest BCUT2D eigenvalue weighted by Gasteiger charge is 2.01. The van der Waals surface area contributed by atoms with Crippen LogP contribution in [-0.2, 0) is 7.05 Å². The highest BCUT2D eigenvalue weighted by molar-refractivity contribution is 5.46. The summed E-state index contributed by atoms with van der Waals surface area (Å²) in [5, 5.41) is 7.11. The molecule has 15 heavy (non-hydrogen) atoms. The van der Waals surface area contributed by atoms with Crippen LogP contribution in [0.3, 0.4) is 0 Å². The maximum atomic E-state index is 4.98. The minimum Gasteiger partial charge on any atom is -0.481 e. The van der Waals surface area contributed by atoms with Crippen molar-refractivity contribution in [1.82, 2.24) is 19.7 Å². The van der Waals surface area contributed by atoms with Gasteiger partial charge in [0.15, 0.2) is 5.82 Å². The maximum absolute atomic E-state index is 4.98. The fourth-order valence-corrected chi connectivity index (χ4v) is 1.11. The maximum Gasteiger partial charge on any atom is 0.231 e. The monoisotopic (exact) mass is 205 g/mol. The third kappa shape index (κ3) is 2.22. The van der Waals surface area contributed by atoms with Crippen LogP contribution in [0.15, 0.2) is 24.5 Å². The zero-order chi connectivity index (χ0) is 10.7. The molecule has 2 aromatic heterocycles. The predicted octanol–water partition coefficient (Wildman–Crippen LogP) is 0.962. The summed E-state index contributed by atoms with van der Waals surface area (Å²) in [6.07, 6.45) is 3.46. The fourth-order valence-electron chi connectivity index (χ4n) is 1.11. The average Bonchev–Trinajstić information content (AvgIpc) is 2.64. The van der Waals surface area contributed by atoms with E-state index in [0.29, 0.717) is 17.6 Å². The largest absolute Gasteiger partial charge is 0.481 e. The highest BCUT2D eigenvalue weighted by Crippen LogP contribution is 2.12. The molecule has 2 heterocycles. The van der Waals surface area contributed by atoms with E-state index in [4.69, 9.17) is 4.74 Å². The van der Waals surface area contributed by atoms with Crippen LogP contribution in [0.4, 0.5) is 11.8 Å². The van der Waals surface area contributed by atoms with Gasteiger partial charge in [-0.15, -0.1) is 0 Å². The summed E-state index contributed by atoms with van der Waals surface area (Å²) in [6.45, 7) is 0. The number of anilines is 2. The molecule has 78 valence electrons. The number of methoxy groups -OCH3 is 1. The molecule has 0 radical (unpaired) electrons. The second-order valence-electron chi connectivity index (χ2n) is 2.92. The lowest BCUT2D eigenvalue weighted by Crippen LogP contribution is -1.99. The molecule has 1 N–H and O–H groups in total. The second-order valence-corrected chi connectivity index (χ2v) is 2.92. The molecule has 2 rings (SSSR count). The molecule has 0 saturated carbocycles. The summed E-state index contributed by atoms with van der Waals surface area (Å²) in [5.74, 6) is 1.68. The number of ether oxygens (including phenoxy) is 1. The van der Waals surface area contributed by atoms with Gasteiger partial charge in [-0.25, -0.2) is 4.98 Å². The van der Waals surface area contributed by atoms with Gasteiger partial charge in [-0.1, -0.05) is 0 Å². The van der Waals surface area contributed by atoms with Crippen molar-refractivity contribution in [2.45, 2.75) is 0 Å². The smallest absolute Gasteiger partial charge is 0.231 e. The first-order chi connectivity index (χ1) is 7.28. The Morgan fingerprint density at radius 3 is 2.93 bits per heavy atom. The number of aromatic nitrogens is 4. The van der Waals surface area contributed by atoms with Crippen molar-refractivity contribution in [2.75, 3.05) is 12.4 Å². The minimum absolute atomic E-state index is 0.466. The average molecular weight is 205 g/mol. The molecule has 0 bridgehead atoms. The van der Waals surface area contributed by atoms with Gasteiger partial charge in [-0.2, -0.15) is 10.1 Å². The van der Waals surface area contributed by atoms with Gasteiger partial charge >= 0.3 is 0 Å². The Labute approximate surface area is 86.9 Å². The fraction of sp³-hybridized carbons (Fsp3) is 0.222. The van der Waals surface area contributed by atoms with E-state index < -0.39 is 0 Å². The van der Waals surface area contributed by atoms with E-state index in [2.05, 4.69) is 20.4 Å². The lowest BCUT2D eigenvalue weighted by atomic mass is 10.6. The molecular weight excluding hydrogens is 194 g/mol. The molecule has 0 aliphatic heterocycles. The third-order valence-corrected chi connectivity index (χ3v) is 1.79. The van der Waals surface area contributed by atoms with Crippen molar-refractivity contribution >= 4 is 11.8 Å². The standard InChI is InChI=1S/C9H11N5O/c1-14-6-4-7(13-14)11-9-10-5-3-8(12-9)15-2/h3-6H,1-2H3,(H,10,11,12,13). The molecule has 0 saturated heterocycles. The number of hydrogen-bond acceptors (Lipinski definition) is 5. The highest BCUT2D eigenvalue weighted by atomic mass is 16.5.